The zero-order valence-electron chi connectivity index (χ0n) is 12.9. The SMILES string of the molecule is O=C(Nc1ccnn1Cc1ccc(Cl)cc1)c1ccc([N+](=O)[O-])cc1. The van der Waals surface area contributed by atoms with Gasteiger partial charge in [-0.3, -0.25) is 14.9 Å². The third-order valence-electron chi connectivity index (χ3n) is 3.54. The Morgan fingerprint density at radius 3 is 2.44 bits per heavy atom. The zero-order valence-corrected chi connectivity index (χ0v) is 13.7. The Morgan fingerprint density at radius 1 is 1.12 bits per heavy atom. The summed E-state index contributed by atoms with van der Waals surface area (Å²) < 4.78 is 1.65. The number of non-ortho nitro benzene ring substituents is 1. The van der Waals surface area contributed by atoms with E-state index in [4.69, 9.17) is 11.6 Å². The number of nitro benzene ring substituents is 1. The monoisotopic (exact) mass is 356 g/mol. The van der Waals surface area contributed by atoms with Crippen LogP contribution >= 0.6 is 11.6 Å². The summed E-state index contributed by atoms with van der Waals surface area (Å²) in [6, 6.07) is 14.4. The molecule has 0 spiro atoms. The van der Waals surface area contributed by atoms with Gasteiger partial charge in [0.1, 0.15) is 5.82 Å². The van der Waals surface area contributed by atoms with Crippen molar-refractivity contribution < 1.29 is 9.72 Å². The third kappa shape index (κ3) is 4.02. The number of halogens is 1. The molecule has 0 unspecified atom stereocenters. The minimum Gasteiger partial charge on any atom is -0.307 e. The predicted molar refractivity (Wildman–Crippen MR) is 93.8 cm³/mol. The fraction of sp³-hybridized carbons (Fsp3) is 0.0588. The summed E-state index contributed by atoms with van der Waals surface area (Å²) >= 11 is 5.87. The van der Waals surface area contributed by atoms with Crippen molar-refractivity contribution in [2.24, 2.45) is 0 Å². The van der Waals surface area contributed by atoms with Gasteiger partial charge in [0.05, 0.1) is 17.7 Å². The van der Waals surface area contributed by atoms with E-state index in [1.165, 1.54) is 24.3 Å². The molecule has 0 aliphatic rings. The average molecular weight is 357 g/mol. The van der Waals surface area contributed by atoms with Gasteiger partial charge in [-0.1, -0.05) is 23.7 Å². The number of aromatic nitrogens is 2. The highest BCUT2D eigenvalue weighted by molar-refractivity contribution is 6.30. The summed E-state index contributed by atoms with van der Waals surface area (Å²) in [6.07, 6.45) is 1.58. The molecular formula is C17H13ClN4O3. The summed E-state index contributed by atoms with van der Waals surface area (Å²) in [4.78, 5) is 22.5. The number of nitrogens with one attached hydrogen (secondary N) is 1. The van der Waals surface area contributed by atoms with E-state index in [1.54, 1.807) is 29.1 Å². The van der Waals surface area contributed by atoms with Gasteiger partial charge in [0, 0.05) is 28.8 Å². The molecule has 1 amide bonds. The molecule has 0 bridgehead atoms. The van der Waals surface area contributed by atoms with Crippen molar-refractivity contribution in [1.29, 1.82) is 0 Å². The lowest BCUT2D eigenvalue weighted by Crippen LogP contribution is -2.16. The molecule has 7 nitrogen and oxygen atoms in total. The van der Waals surface area contributed by atoms with Crippen LogP contribution in [0, 0.1) is 10.1 Å². The van der Waals surface area contributed by atoms with E-state index in [-0.39, 0.29) is 11.6 Å². The molecule has 0 saturated heterocycles. The number of hydrogen-bond acceptors (Lipinski definition) is 4. The number of benzene rings is 2. The first-order valence-corrected chi connectivity index (χ1v) is 7.73. The van der Waals surface area contributed by atoms with Crippen molar-refractivity contribution in [2.75, 3.05) is 5.32 Å². The molecule has 126 valence electrons. The number of rotatable bonds is 5. The number of hydrogen-bond donors (Lipinski definition) is 1. The smallest absolute Gasteiger partial charge is 0.269 e. The minimum absolute atomic E-state index is 0.0654. The van der Waals surface area contributed by atoms with Crippen LogP contribution in [-0.2, 0) is 6.54 Å². The number of carbonyl (C=O) groups excluding carboxylic acids is 1. The molecule has 8 heteroatoms. The second-order valence-corrected chi connectivity index (χ2v) is 5.70. The molecule has 0 saturated carbocycles. The lowest BCUT2D eigenvalue weighted by atomic mass is 10.2. The van der Waals surface area contributed by atoms with E-state index in [1.807, 2.05) is 12.1 Å². The molecule has 1 N–H and O–H groups in total. The van der Waals surface area contributed by atoms with Crippen LogP contribution in [0.4, 0.5) is 11.5 Å². The Labute approximate surface area is 148 Å². The molecule has 1 heterocycles. The predicted octanol–water partition coefficient (Wildman–Crippen LogP) is 3.75. The van der Waals surface area contributed by atoms with Gasteiger partial charge in [0.25, 0.3) is 11.6 Å². The summed E-state index contributed by atoms with van der Waals surface area (Å²) in [6.45, 7) is 0.472. The van der Waals surface area contributed by atoms with Gasteiger partial charge < -0.3 is 5.32 Å². The van der Waals surface area contributed by atoms with Gasteiger partial charge in [-0.05, 0) is 29.8 Å². The van der Waals surface area contributed by atoms with E-state index < -0.39 is 4.92 Å². The van der Waals surface area contributed by atoms with Crippen LogP contribution in [0.15, 0.2) is 60.8 Å². The molecule has 0 fully saturated rings. The van der Waals surface area contributed by atoms with Gasteiger partial charge in [-0.15, -0.1) is 0 Å². The minimum atomic E-state index is -0.511. The Morgan fingerprint density at radius 2 is 1.80 bits per heavy atom. The van der Waals surface area contributed by atoms with Crippen LogP contribution in [0.3, 0.4) is 0 Å². The molecule has 3 rings (SSSR count). The van der Waals surface area contributed by atoms with E-state index in [0.717, 1.165) is 5.56 Å². The van der Waals surface area contributed by atoms with Gasteiger partial charge in [-0.2, -0.15) is 5.10 Å². The molecular weight excluding hydrogens is 344 g/mol. The largest absolute Gasteiger partial charge is 0.307 e. The topological polar surface area (TPSA) is 90.1 Å². The first-order chi connectivity index (χ1) is 12.0. The number of anilines is 1. The van der Waals surface area contributed by atoms with Gasteiger partial charge in [0.15, 0.2) is 0 Å². The van der Waals surface area contributed by atoms with Crippen LogP contribution in [-0.4, -0.2) is 20.6 Å². The molecule has 1 aromatic heterocycles. The first kappa shape index (κ1) is 16.7. The third-order valence-corrected chi connectivity index (χ3v) is 3.80. The molecule has 0 aliphatic heterocycles. The fourth-order valence-electron chi connectivity index (χ4n) is 2.25. The van der Waals surface area contributed by atoms with Gasteiger partial charge in [0.2, 0.25) is 0 Å². The molecule has 0 radical (unpaired) electrons. The van der Waals surface area contributed by atoms with Crippen molar-refractivity contribution in [3.8, 4) is 0 Å². The second kappa shape index (κ2) is 7.14. The summed E-state index contributed by atoms with van der Waals surface area (Å²) in [5.74, 6) is 0.158. The number of amides is 1. The van der Waals surface area contributed by atoms with Crippen LogP contribution in [0.1, 0.15) is 15.9 Å². The first-order valence-electron chi connectivity index (χ1n) is 7.35. The summed E-state index contributed by atoms with van der Waals surface area (Å²) in [7, 11) is 0. The van der Waals surface area contributed by atoms with Crippen LogP contribution in [0.5, 0.6) is 0 Å². The Hall–Kier alpha value is -3.19. The van der Waals surface area contributed by atoms with E-state index in [9.17, 15) is 14.9 Å². The van der Waals surface area contributed by atoms with E-state index in [2.05, 4.69) is 10.4 Å². The highest BCUT2D eigenvalue weighted by atomic mass is 35.5. The standard InChI is InChI=1S/C17H13ClN4O3/c18-14-5-1-12(2-6-14)11-21-16(9-10-19-21)20-17(23)13-3-7-15(8-4-13)22(24)25/h1-10H,11H2,(H,20,23). The maximum Gasteiger partial charge on any atom is 0.269 e. The lowest BCUT2D eigenvalue weighted by molar-refractivity contribution is -0.384. The molecule has 25 heavy (non-hydrogen) atoms. The van der Waals surface area contributed by atoms with E-state index >= 15 is 0 Å². The second-order valence-electron chi connectivity index (χ2n) is 5.26. The van der Waals surface area contributed by atoms with Crippen molar-refractivity contribution >= 4 is 29.0 Å². The molecule has 0 atom stereocenters. The molecule has 2 aromatic carbocycles. The van der Waals surface area contributed by atoms with Gasteiger partial charge in [-0.25, -0.2) is 4.68 Å². The van der Waals surface area contributed by atoms with Crippen molar-refractivity contribution in [3.05, 3.63) is 87.1 Å². The Balaban J connectivity index is 1.73. The maximum atomic E-state index is 12.3. The van der Waals surface area contributed by atoms with Crippen LogP contribution < -0.4 is 5.32 Å². The van der Waals surface area contributed by atoms with Crippen molar-refractivity contribution in [1.82, 2.24) is 9.78 Å². The summed E-state index contributed by atoms with van der Waals surface area (Å²) in [5.41, 5.74) is 1.24. The van der Waals surface area contributed by atoms with Crippen LogP contribution in [0.2, 0.25) is 5.02 Å². The zero-order chi connectivity index (χ0) is 17.8. The highest BCUT2D eigenvalue weighted by Gasteiger charge is 2.12. The quantitative estimate of drug-likeness (QED) is 0.557. The normalized spacial score (nSPS) is 10.4. The lowest BCUT2D eigenvalue weighted by Gasteiger charge is -2.09. The van der Waals surface area contributed by atoms with Crippen molar-refractivity contribution in [2.45, 2.75) is 6.54 Å². The number of nitro groups is 1. The average Bonchev–Trinajstić information content (AvgIpc) is 3.03. The number of nitrogens with zero attached hydrogens (tertiary/aromatic N) is 3. The van der Waals surface area contributed by atoms with E-state index in [0.29, 0.717) is 22.9 Å². The highest BCUT2D eigenvalue weighted by Crippen LogP contribution is 2.16. The fourth-order valence-corrected chi connectivity index (χ4v) is 2.38. The number of carbonyl (C=O) groups is 1. The molecule has 3 aromatic rings. The van der Waals surface area contributed by atoms with Crippen molar-refractivity contribution in [3.63, 3.8) is 0 Å². The maximum absolute atomic E-state index is 12.3. The Bertz CT molecular complexity index is 904. The molecule has 0 aliphatic carbocycles. The summed E-state index contributed by atoms with van der Waals surface area (Å²) in [5, 5.41) is 18.3. The van der Waals surface area contributed by atoms with Crippen LogP contribution in [0.25, 0.3) is 0 Å². The Kier molecular flexibility index (Phi) is 4.76. The van der Waals surface area contributed by atoms with Gasteiger partial charge >= 0.3 is 0 Å².